The highest BCUT2D eigenvalue weighted by molar-refractivity contribution is 5.93. The number of hydrogen-bond acceptors (Lipinski definition) is 6. The molecule has 1 aromatic carbocycles. The molecule has 0 aliphatic rings. The minimum absolute atomic E-state index is 0.204. The maximum absolute atomic E-state index is 12.6. The Bertz CT molecular complexity index is 967. The molecule has 0 radical (unpaired) electrons. The predicted molar refractivity (Wildman–Crippen MR) is 89.0 cm³/mol. The summed E-state index contributed by atoms with van der Waals surface area (Å²) in [4.78, 5) is 34.0. The molecule has 2 heterocycles. The minimum Gasteiger partial charge on any atom is -0.377 e. The summed E-state index contributed by atoms with van der Waals surface area (Å²) in [6.07, 6.45) is 0. The molecule has 0 saturated heterocycles. The van der Waals surface area contributed by atoms with E-state index in [2.05, 4.69) is 9.97 Å². The van der Waals surface area contributed by atoms with Gasteiger partial charge in [-0.05, 0) is 12.1 Å². The number of nitrogens with zero attached hydrogens (tertiary/aromatic N) is 4. The Labute approximate surface area is 137 Å². The van der Waals surface area contributed by atoms with Crippen LogP contribution in [-0.4, -0.2) is 33.3 Å². The molecule has 0 bridgehead atoms. The lowest BCUT2D eigenvalue weighted by atomic mass is 10.1. The summed E-state index contributed by atoms with van der Waals surface area (Å²) in [5.74, 6) is 0.991. The molecule has 0 fully saturated rings. The zero-order valence-corrected chi connectivity index (χ0v) is 14.0. The Morgan fingerprint density at radius 3 is 1.54 bits per heavy atom. The molecule has 2 aromatic heterocycles. The highest BCUT2D eigenvalue weighted by atomic mass is 16.5. The van der Waals surface area contributed by atoms with Gasteiger partial charge in [0.15, 0.2) is 0 Å². The van der Waals surface area contributed by atoms with Crippen LogP contribution in [0.1, 0.15) is 11.6 Å². The van der Waals surface area contributed by atoms with Crippen molar-refractivity contribution in [2.75, 3.05) is 14.2 Å². The standard InChI is InChI=1S/C16H18N4O4/c1-19-13(7-23-3)17-11-6-10-12(5-9(11)15(19)21)18-14(8-24-4)20(2)16(10)22/h5-6H,7-8H2,1-4H3. The van der Waals surface area contributed by atoms with Gasteiger partial charge in [0.2, 0.25) is 0 Å². The molecule has 126 valence electrons. The summed E-state index contributed by atoms with van der Waals surface area (Å²) < 4.78 is 13.0. The lowest BCUT2D eigenvalue weighted by Gasteiger charge is -2.11. The van der Waals surface area contributed by atoms with Gasteiger partial charge in [0.05, 0.1) is 21.8 Å². The van der Waals surface area contributed by atoms with E-state index in [0.717, 1.165) is 0 Å². The van der Waals surface area contributed by atoms with Crippen molar-refractivity contribution in [1.29, 1.82) is 0 Å². The zero-order valence-electron chi connectivity index (χ0n) is 14.0. The summed E-state index contributed by atoms with van der Waals surface area (Å²) >= 11 is 0. The third-order valence-corrected chi connectivity index (χ3v) is 4.00. The Kier molecular flexibility index (Phi) is 4.16. The quantitative estimate of drug-likeness (QED) is 0.646. The number of hydrogen-bond donors (Lipinski definition) is 0. The van der Waals surface area contributed by atoms with Gasteiger partial charge in [0.25, 0.3) is 11.1 Å². The second-order valence-corrected chi connectivity index (χ2v) is 5.54. The molecular weight excluding hydrogens is 312 g/mol. The van der Waals surface area contributed by atoms with E-state index in [1.54, 1.807) is 26.2 Å². The van der Waals surface area contributed by atoms with Crippen LogP contribution >= 0.6 is 0 Å². The van der Waals surface area contributed by atoms with Crippen molar-refractivity contribution in [2.45, 2.75) is 13.2 Å². The van der Waals surface area contributed by atoms with Crippen molar-refractivity contribution in [2.24, 2.45) is 14.1 Å². The van der Waals surface area contributed by atoms with Crippen LogP contribution in [-0.2, 0) is 36.8 Å². The molecule has 0 spiro atoms. The smallest absolute Gasteiger partial charge is 0.261 e. The van der Waals surface area contributed by atoms with E-state index in [-0.39, 0.29) is 24.3 Å². The average molecular weight is 330 g/mol. The second-order valence-electron chi connectivity index (χ2n) is 5.54. The van der Waals surface area contributed by atoms with Crippen molar-refractivity contribution in [3.8, 4) is 0 Å². The Morgan fingerprint density at radius 1 is 0.833 bits per heavy atom. The largest absolute Gasteiger partial charge is 0.377 e. The average Bonchev–Trinajstić information content (AvgIpc) is 2.57. The van der Waals surface area contributed by atoms with Crippen molar-refractivity contribution in [3.63, 3.8) is 0 Å². The van der Waals surface area contributed by atoms with Crippen molar-refractivity contribution < 1.29 is 9.47 Å². The molecule has 3 aromatic rings. The molecule has 0 N–H and O–H groups in total. The van der Waals surface area contributed by atoms with Gasteiger partial charge in [-0.25, -0.2) is 9.97 Å². The van der Waals surface area contributed by atoms with Gasteiger partial charge in [-0.15, -0.1) is 0 Å². The lowest BCUT2D eigenvalue weighted by molar-refractivity contribution is 0.174. The van der Waals surface area contributed by atoms with Gasteiger partial charge in [-0.2, -0.15) is 0 Å². The molecule has 0 aliphatic carbocycles. The molecule has 8 heteroatoms. The van der Waals surface area contributed by atoms with E-state index in [4.69, 9.17) is 9.47 Å². The lowest BCUT2D eigenvalue weighted by Crippen LogP contribution is -2.25. The maximum Gasteiger partial charge on any atom is 0.261 e. The van der Waals surface area contributed by atoms with Crippen LogP contribution in [0.5, 0.6) is 0 Å². The fourth-order valence-electron chi connectivity index (χ4n) is 2.64. The summed E-state index contributed by atoms with van der Waals surface area (Å²) in [5, 5.41) is 0.822. The van der Waals surface area contributed by atoms with Crippen molar-refractivity contribution >= 4 is 21.8 Å². The number of methoxy groups -OCH3 is 2. The number of rotatable bonds is 4. The molecule has 0 amide bonds. The molecule has 0 saturated carbocycles. The predicted octanol–water partition coefficient (Wildman–Crippen LogP) is 0.473. The summed E-state index contributed by atoms with van der Waals surface area (Å²) in [6, 6.07) is 3.22. The normalized spacial score (nSPS) is 11.5. The van der Waals surface area contributed by atoms with Gasteiger partial charge >= 0.3 is 0 Å². The van der Waals surface area contributed by atoms with Gasteiger partial charge in [0.1, 0.15) is 24.9 Å². The molecule has 8 nitrogen and oxygen atoms in total. The van der Waals surface area contributed by atoms with Crippen molar-refractivity contribution in [3.05, 3.63) is 44.5 Å². The first-order valence-corrected chi connectivity index (χ1v) is 7.35. The van der Waals surface area contributed by atoms with E-state index in [1.165, 1.54) is 23.4 Å². The zero-order chi connectivity index (χ0) is 17.4. The minimum atomic E-state index is -0.204. The van der Waals surface area contributed by atoms with E-state index < -0.39 is 0 Å². The molecule has 24 heavy (non-hydrogen) atoms. The molecule has 0 atom stereocenters. The first-order chi connectivity index (χ1) is 11.5. The highest BCUT2D eigenvalue weighted by Crippen LogP contribution is 2.16. The van der Waals surface area contributed by atoms with E-state index in [0.29, 0.717) is 33.5 Å². The van der Waals surface area contributed by atoms with Gasteiger partial charge < -0.3 is 9.47 Å². The third kappa shape index (κ3) is 2.49. The van der Waals surface area contributed by atoms with E-state index in [1.807, 2.05) is 0 Å². The van der Waals surface area contributed by atoms with E-state index >= 15 is 0 Å². The molecule has 0 aliphatic heterocycles. The Hall–Kier alpha value is -2.58. The van der Waals surface area contributed by atoms with Crippen LogP contribution in [0.15, 0.2) is 21.7 Å². The highest BCUT2D eigenvalue weighted by Gasteiger charge is 2.13. The van der Waals surface area contributed by atoms with Crippen LogP contribution in [0.3, 0.4) is 0 Å². The van der Waals surface area contributed by atoms with Gasteiger partial charge in [-0.1, -0.05) is 0 Å². The first kappa shape index (κ1) is 16.3. The number of ether oxygens (including phenoxy) is 2. The van der Waals surface area contributed by atoms with Gasteiger partial charge in [-0.3, -0.25) is 18.7 Å². The molecule has 0 unspecified atom stereocenters. The van der Waals surface area contributed by atoms with Gasteiger partial charge in [0, 0.05) is 28.3 Å². The van der Waals surface area contributed by atoms with Crippen LogP contribution < -0.4 is 11.1 Å². The van der Waals surface area contributed by atoms with Crippen LogP contribution in [0.2, 0.25) is 0 Å². The molecular formula is C16H18N4O4. The number of benzene rings is 1. The maximum atomic E-state index is 12.6. The fraction of sp³-hybridized carbons (Fsp3) is 0.375. The fourth-order valence-corrected chi connectivity index (χ4v) is 2.64. The third-order valence-electron chi connectivity index (χ3n) is 4.00. The topological polar surface area (TPSA) is 88.2 Å². The van der Waals surface area contributed by atoms with Crippen molar-refractivity contribution in [1.82, 2.24) is 19.1 Å². The van der Waals surface area contributed by atoms with Crippen LogP contribution in [0, 0.1) is 0 Å². The van der Waals surface area contributed by atoms with E-state index in [9.17, 15) is 9.59 Å². The Balaban J connectivity index is 2.40. The number of fused-ring (bicyclic) bond motifs is 2. The number of aromatic nitrogens is 4. The second kappa shape index (κ2) is 6.14. The summed E-state index contributed by atoms with van der Waals surface area (Å²) in [7, 11) is 6.35. The Morgan fingerprint density at radius 2 is 1.21 bits per heavy atom. The van der Waals surface area contributed by atoms with Crippen LogP contribution in [0.25, 0.3) is 21.8 Å². The monoisotopic (exact) mass is 330 g/mol. The SMILES string of the molecule is COCc1nc2cc3c(=O)n(C)c(COC)nc3cc2c(=O)n1C. The summed E-state index contributed by atoms with van der Waals surface area (Å²) in [5.41, 5.74) is 0.501. The first-order valence-electron chi connectivity index (χ1n) is 7.35. The molecule has 3 rings (SSSR count). The van der Waals surface area contributed by atoms with Crippen LogP contribution in [0.4, 0.5) is 0 Å². The summed E-state index contributed by atoms with van der Waals surface area (Å²) in [6.45, 7) is 0.422.